The summed E-state index contributed by atoms with van der Waals surface area (Å²) in [5, 5.41) is 0. The number of piperidine rings is 1. The van der Waals surface area contributed by atoms with Gasteiger partial charge in [0.25, 0.3) is 0 Å². The van der Waals surface area contributed by atoms with Crippen LogP contribution in [-0.4, -0.2) is 19.7 Å². The summed E-state index contributed by atoms with van der Waals surface area (Å²) >= 11 is 0. The molecule has 3 nitrogen and oxygen atoms in total. The van der Waals surface area contributed by atoms with Gasteiger partial charge in [-0.25, -0.2) is 0 Å². The smallest absolute Gasteiger partial charge is 0.125 e. The highest BCUT2D eigenvalue weighted by atomic mass is 16.5. The zero-order chi connectivity index (χ0) is 14.0. The second-order valence-electron chi connectivity index (χ2n) is 5.74. The number of hydrogen-bond donors (Lipinski definition) is 1. The van der Waals surface area contributed by atoms with E-state index < -0.39 is 0 Å². The van der Waals surface area contributed by atoms with Gasteiger partial charge in [-0.3, -0.25) is 0 Å². The van der Waals surface area contributed by atoms with Gasteiger partial charge in [-0.05, 0) is 44.7 Å². The van der Waals surface area contributed by atoms with Crippen LogP contribution < -0.4 is 15.4 Å². The molecule has 106 valence electrons. The first-order valence-electron chi connectivity index (χ1n) is 7.25. The van der Waals surface area contributed by atoms with Gasteiger partial charge in [0.1, 0.15) is 5.75 Å². The van der Waals surface area contributed by atoms with Crippen LogP contribution in [0.4, 0.5) is 5.69 Å². The van der Waals surface area contributed by atoms with Crippen LogP contribution in [0.5, 0.6) is 5.75 Å². The van der Waals surface area contributed by atoms with E-state index in [4.69, 9.17) is 10.5 Å². The quantitative estimate of drug-likeness (QED) is 0.908. The summed E-state index contributed by atoms with van der Waals surface area (Å²) in [5.74, 6) is 1.62. The molecule has 0 aliphatic carbocycles. The Morgan fingerprint density at radius 3 is 2.74 bits per heavy atom. The van der Waals surface area contributed by atoms with E-state index in [1.54, 1.807) is 7.11 Å². The molecule has 0 amide bonds. The van der Waals surface area contributed by atoms with E-state index in [0.29, 0.717) is 6.04 Å². The zero-order valence-electron chi connectivity index (χ0n) is 12.5. The van der Waals surface area contributed by atoms with Gasteiger partial charge in [0.05, 0.1) is 7.11 Å². The van der Waals surface area contributed by atoms with E-state index in [-0.39, 0.29) is 6.04 Å². The first-order chi connectivity index (χ1) is 9.06. The number of hydrogen-bond acceptors (Lipinski definition) is 3. The molecule has 0 bridgehead atoms. The maximum absolute atomic E-state index is 6.17. The third-order valence-corrected chi connectivity index (χ3v) is 4.40. The molecule has 3 atom stereocenters. The lowest BCUT2D eigenvalue weighted by atomic mass is 9.90. The largest absolute Gasteiger partial charge is 0.496 e. The summed E-state index contributed by atoms with van der Waals surface area (Å²) in [6.07, 6.45) is 2.57. The molecule has 3 heteroatoms. The fraction of sp³-hybridized carbons (Fsp3) is 0.625. The van der Waals surface area contributed by atoms with Crippen molar-refractivity contribution in [2.45, 2.75) is 45.7 Å². The molecular weight excluding hydrogens is 236 g/mol. The van der Waals surface area contributed by atoms with Crippen molar-refractivity contribution in [3.8, 4) is 5.75 Å². The molecule has 1 fully saturated rings. The van der Waals surface area contributed by atoms with Crippen molar-refractivity contribution in [1.82, 2.24) is 0 Å². The van der Waals surface area contributed by atoms with E-state index >= 15 is 0 Å². The number of rotatable bonds is 3. The summed E-state index contributed by atoms with van der Waals surface area (Å²) in [6.45, 7) is 7.79. The van der Waals surface area contributed by atoms with Gasteiger partial charge in [-0.1, -0.05) is 13.0 Å². The lowest BCUT2D eigenvalue weighted by Gasteiger charge is -2.41. The number of anilines is 1. The Morgan fingerprint density at radius 1 is 1.37 bits per heavy atom. The molecule has 3 unspecified atom stereocenters. The van der Waals surface area contributed by atoms with Gasteiger partial charge in [0.2, 0.25) is 0 Å². The Kier molecular flexibility index (Phi) is 4.35. The second kappa shape index (κ2) is 5.83. The van der Waals surface area contributed by atoms with Crippen molar-refractivity contribution < 1.29 is 4.74 Å². The molecule has 1 saturated heterocycles. The van der Waals surface area contributed by atoms with Gasteiger partial charge in [-0.15, -0.1) is 0 Å². The molecule has 1 aliphatic heterocycles. The van der Waals surface area contributed by atoms with Gasteiger partial charge >= 0.3 is 0 Å². The molecule has 1 aromatic carbocycles. The Hall–Kier alpha value is -1.22. The van der Waals surface area contributed by atoms with E-state index in [9.17, 15) is 0 Å². The zero-order valence-corrected chi connectivity index (χ0v) is 12.5. The van der Waals surface area contributed by atoms with Crippen molar-refractivity contribution in [3.63, 3.8) is 0 Å². The average molecular weight is 262 g/mol. The molecule has 2 N–H and O–H groups in total. The molecule has 19 heavy (non-hydrogen) atoms. The standard InChI is InChI=1S/C16H26N2O/c1-11-7-6-10-18(13(11)3)14-8-5-9-15(19-4)16(14)12(2)17/h5,8-9,11-13H,6-7,10,17H2,1-4H3. The number of nitrogens with two attached hydrogens (primary N) is 1. The van der Waals surface area contributed by atoms with E-state index in [0.717, 1.165) is 23.8 Å². The summed E-state index contributed by atoms with van der Waals surface area (Å²) < 4.78 is 5.49. The number of nitrogens with zero attached hydrogens (tertiary/aromatic N) is 1. The van der Waals surface area contributed by atoms with Crippen molar-refractivity contribution in [3.05, 3.63) is 23.8 Å². The van der Waals surface area contributed by atoms with Crippen LogP contribution in [0, 0.1) is 5.92 Å². The summed E-state index contributed by atoms with van der Waals surface area (Å²) in [5.41, 5.74) is 8.55. The van der Waals surface area contributed by atoms with Crippen LogP contribution in [0.25, 0.3) is 0 Å². The summed E-state index contributed by atoms with van der Waals surface area (Å²) in [6, 6.07) is 6.77. The molecule has 2 rings (SSSR count). The number of ether oxygens (including phenoxy) is 1. The normalized spacial score (nSPS) is 25.2. The maximum Gasteiger partial charge on any atom is 0.125 e. The first kappa shape index (κ1) is 14.2. The number of methoxy groups -OCH3 is 1. The molecule has 1 heterocycles. The summed E-state index contributed by atoms with van der Waals surface area (Å²) in [4.78, 5) is 2.50. The molecular formula is C16H26N2O. The molecule has 0 saturated carbocycles. The lowest BCUT2D eigenvalue weighted by Crippen LogP contribution is -2.43. The highest BCUT2D eigenvalue weighted by molar-refractivity contribution is 5.61. The Labute approximate surface area is 116 Å². The van der Waals surface area contributed by atoms with Crippen LogP contribution in [0.2, 0.25) is 0 Å². The Bertz CT molecular complexity index is 431. The average Bonchev–Trinajstić information content (AvgIpc) is 2.40. The van der Waals surface area contributed by atoms with Crippen LogP contribution in [0.3, 0.4) is 0 Å². The monoisotopic (exact) mass is 262 g/mol. The summed E-state index contributed by atoms with van der Waals surface area (Å²) in [7, 11) is 1.72. The Balaban J connectivity index is 2.43. The predicted octanol–water partition coefficient (Wildman–Crippen LogP) is 3.34. The molecule has 0 aromatic heterocycles. The highest BCUT2D eigenvalue weighted by Crippen LogP contribution is 2.37. The highest BCUT2D eigenvalue weighted by Gasteiger charge is 2.27. The fourth-order valence-electron chi connectivity index (χ4n) is 3.09. The molecule has 0 radical (unpaired) electrons. The van der Waals surface area contributed by atoms with Crippen molar-refractivity contribution >= 4 is 5.69 Å². The SMILES string of the molecule is COc1cccc(N2CCCC(C)C2C)c1C(C)N. The second-order valence-corrected chi connectivity index (χ2v) is 5.74. The third kappa shape index (κ3) is 2.71. The maximum atomic E-state index is 6.17. The van der Waals surface area contributed by atoms with Crippen LogP contribution in [0.15, 0.2) is 18.2 Å². The van der Waals surface area contributed by atoms with Gasteiger partial charge in [0, 0.05) is 29.9 Å². The topological polar surface area (TPSA) is 38.5 Å². The minimum absolute atomic E-state index is 0.0180. The van der Waals surface area contributed by atoms with Crippen LogP contribution in [0.1, 0.15) is 45.2 Å². The van der Waals surface area contributed by atoms with Gasteiger partial charge in [-0.2, -0.15) is 0 Å². The third-order valence-electron chi connectivity index (χ3n) is 4.40. The van der Waals surface area contributed by atoms with E-state index in [1.807, 2.05) is 13.0 Å². The van der Waals surface area contributed by atoms with Crippen molar-refractivity contribution in [2.75, 3.05) is 18.6 Å². The number of benzene rings is 1. The molecule has 0 spiro atoms. The first-order valence-corrected chi connectivity index (χ1v) is 7.25. The van der Waals surface area contributed by atoms with Crippen molar-refractivity contribution in [2.24, 2.45) is 11.7 Å². The molecule has 1 aromatic rings. The van der Waals surface area contributed by atoms with E-state index in [2.05, 4.69) is 30.9 Å². The minimum Gasteiger partial charge on any atom is -0.496 e. The van der Waals surface area contributed by atoms with Crippen molar-refractivity contribution in [1.29, 1.82) is 0 Å². The minimum atomic E-state index is -0.0180. The lowest BCUT2D eigenvalue weighted by molar-refractivity contribution is 0.361. The Morgan fingerprint density at radius 2 is 2.11 bits per heavy atom. The molecule has 1 aliphatic rings. The predicted molar refractivity (Wildman–Crippen MR) is 80.8 cm³/mol. The fourth-order valence-corrected chi connectivity index (χ4v) is 3.09. The van der Waals surface area contributed by atoms with E-state index in [1.165, 1.54) is 18.5 Å². The van der Waals surface area contributed by atoms with Gasteiger partial charge in [0.15, 0.2) is 0 Å². The van der Waals surface area contributed by atoms with Crippen LogP contribution >= 0.6 is 0 Å². The van der Waals surface area contributed by atoms with Crippen LogP contribution in [-0.2, 0) is 0 Å². The van der Waals surface area contributed by atoms with Gasteiger partial charge < -0.3 is 15.4 Å².